The summed E-state index contributed by atoms with van der Waals surface area (Å²) in [5.74, 6) is -2.02. The lowest BCUT2D eigenvalue weighted by Crippen LogP contribution is -2.54. The summed E-state index contributed by atoms with van der Waals surface area (Å²) in [6.45, 7) is -0.705. The van der Waals surface area contributed by atoms with Crippen LogP contribution in [0.3, 0.4) is 0 Å². The van der Waals surface area contributed by atoms with E-state index >= 15 is 0 Å². The normalized spacial score (nSPS) is 14.8. The van der Waals surface area contributed by atoms with Crippen LogP contribution < -0.4 is 21.3 Å². The average Bonchev–Trinajstić information content (AvgIpc) is 3.85. The Balaban J connectivity index is 0.894. The Bertz CT molecular complexity index is 2540. The van der Waals surface area contributed by atoms with E-state index in [9.17, 15) is 34.5 Å². The first-order chi connectivity index (χ1) is 31.7. The smallest absolute Gasteiger partial charge is 0.407 e. The summed E-state index contributed by atoms with van der Waals surface area (Å²) in [6.07, 6.45) is -4.81. The molecule has 6 aromatic carbocycles. The van der Waals surface area contributed by atoms with Crippen LogP contribution in [0.5, 0.6) is 0 Å². The molecule has 332 valence electrons. The Labute approximate surface area is 376 Å². The number of carbonyl (C=O) groups excluding carboxylic acids is 4. The summed E-state index contributed by atoms with van der Waals surface area (Å²) in [6, 6.07) is 44.3. The molecule has 0 aromatic heterocycles. The van der Waals surface area contributed by atoms with E-state index in [4.69, 9.17) is 9.47 Å². The van der Waals surface area contributed by atoms with Gasteiger partial charge in [-0.15, -0.1) is 0 Å². The van der Waals surface area contributed by atoms with Gasteiger partial charge in [-0.3, -0.25) is 9.59 Å². The molecule has 0 aliphatic heterocycles. The van der Waals surface area contributed by atoms with Crippen LogP contribution in [0, 0.1) is 0 Å². The molecule has 6 aromatic rings. The average molecular weight is 875 g/mol. The molecular formula is C52H50N4O9. The second kappa shape index (κ2) is 20.5. The minimum atomic E-state index is -1.54. The molecule has 2 aliphatic carbocycles. The van der Waals surface area contributed by atoms with Gasteiger partial charge in [-0.05, 0) is 62.1 Å². The zero-order valence-electron chi connectivity index (χ0n) is 35.4. The van der Waals surface area contributed by atoms with Gasteiger partial charge in [-0.2, -0.15) is 0 Å². The molecule has 0 spiro atoms. The lowest BCUT2D eigenvalue weighted by molar-refractivity contribution is -0.127. The monoisotopic (exact) mass is 874 g/mol. The topological polar surface area (TPSA) is 196 Å². The van der Waals surface area contributed by atoms with Crippen molar-refractivity contribution in [1.82, 2.24) is 21.3 Å². The molecule has 0 saturated carbocycles. The number of amides is 4. The summed E-state index contributed by atoms with van der Waals surface area (Å²) < 4.78 is 11.4. The van der Waals surface area contributed by atoms with Gasteiger partial charge in [-0.1, -0.05) is 158 Å². The number of fused-ring (bicyclic) bond motifs is 6. The van der Waals surface area contributed by atoms with Crippen LogP contribution >= 0.6 is 0 Å². The Morgan fingerprint density at radius 3 is 1.22 bits per heavy atom. The Morgan fingerprint density at radius 2 is 0.831 bits per heavy atom. The molecule has 5 atom stereocenters. The second-order valence-electron chi connectivity index (χ2n) is 16.1. The molecule has 5 unspecified atom stereocenters. The van der Waals surface area contributed by atoms with Gasteiger partial charge < -0.3 is 46.1 Å². The largest absolute Gasteiger partial charge is 0.449 e. The fourth-order valence-electron chi connectivity index (χ4n) is 8.77. The first-order valence-electron chi connectivity index (χ1n) is 21.6. The SMILES string of the molecule is O=C(NC(C(=O)NCCC(CO)NC(=O)C(NC(=O)OCC1c2ccccc2-c2ccccc21)C(O)c1ccccc1)C(O)c1ccccc1)OCC1c2ccccc2-c2ccccc21. The van der Waals surface area contributed by atoms with Crippen LogP contribution in [0.1, 0.15) is 63.8 Å². The van der Waals surface area contributed by atoms with Crippen LogP contribution in [0.4, 0.5) is 9.59 Å². The van der Waals surface area contributed by atoms with E-state index in [2.05, 4.69) is 21.3 Å². The van der Waals surface area contributed by atoms with Gasteiger partial charge in [0.05, 0.1) is 12.6 Å². The number of hydrogen-bond acceptors (Lipinski definition) is 9. The summed E-state index contributed by atoms with van der Waals surface area (Å²) >= 11 is 0. The number of alkyl carbamates (subject to hydrolysis) is 2. The fraction of sp³-hybridized carbons (Fsp3) is 0.231. The molecule has 0 fully saturated rings. The third-order valence-corrected chi connectivity index (χ3v) is 12.1. The Kier molecular flexibility index (Phi) is 13.9. The highest BCUT2D eigenvalue weighted by Crippen LogP contribution is 2.45. The number of hydrogen-bond donors (Lipinski definition) is 7. The first kappa shape index (κ1) is 44.3. The van der Waals surface area contributed by atoms with Crippen molar-refractivity contribution >= 4 is 24.0 Å². The zero-order chi connectivity index (χ0) is 45.3. The van der Waals surface area contributed by atoms with E-state index in [0.29, 0.717) is 11.1 Å². The number of aliphatic hydroxyl groups is 3. The maximum Gasteiger partial charge on any atom is 0.407 e. The number of benzene rings is 6. The third-order valence-electron chi connectivity index (χ3n) is 12.1. The van der Waals surface area contributed by atoms with Gasteiger partial charge in [0.25, 0.3) is 0 Å². The molecule has 13 nitrogen and oxygen atoms in total. The predicted molar refractivity (Wildman–Crippen MR) is 243 cm³/mol. The number of carbonyl (C=O) groups is 4. The van der Waals surface area contributed by atoms with Crippen molar-refractivity contribution < 1.29 is 44.0 Å². The molecular weight excluding hydrogens is 825 g/mol. The summed E-state index contributed by atoms with van der Waals surface area (Å²) in [4.78, 5) is 54.4. The molecule has 0 bridgehead atoms. The molecule has 0 radical (unpaired) electrons. The number of rotatable bonds is 17. The minimum Gasteiger partial charge on any atom is -0.449 e. The standard InChI is InChI=1S/C52H50N4O9/c57-29-34(54-50(61)46(48(59)33-17-5-2-6-18-33)56-52(63)65-31-44-41-25-13-9-21-37(41)38-22-10-14-26-42(38)44)27-28-53-49(60)45(47(58)32-15-3-1-4-16-32)55-51(62)64-30-43-39-23-11-7-19-35(39)36-20-8-12-24-40(36)43/h1-26,34,43-48,57-59H,27-31H2,(H,53,60)(H,54,61)(H,55,62)(H,56,63). The van der Waals surface area contributed by atoms with Crippen molar-refractivity contribution in [2.75, 3.05) is 26.4 Å². The summed E-state index contributed by atoms with van der Waals surface area (Å²) in [5.41, 5.74) is 8.98. The highest BCUT2D eigenvalue weighted by atomic mass is 16.6. The van der Waals surface area contributed by atoms with Gasteiger partial charge in [-0.25, -0.2) is 9.59 Å². The van der Waals surface area contributed by atoms with E-state index in [-0.39, 0.29) is 38.0 Å². The van der Waals surface area contributed by atoms with Crippen molar-refractivity contribution in [3.63, 3.8) is 0 Å². The lowest BCUT2D eigenvalue weighted by Gasteiger charge is -2.27. The molecule has 65 heavy (non-hydrogen) atoms. The van der Waals surface area contributed by atoms with E-state index < -0.39 is 60.9 Å². The fourth-order valence-corrected chi connectivity index (χ4v) is 8.77. The Hall–Kier alpha value is -7.32. The van der Waals surface area contributed by atoms with E-state index in [0.717, 1.165) is 44.5 Å². The van der Waals surface area contributed by atoms with Crippen molar-refractivity contribution in [2.45, 2.75) is 48.6 Å². The maximum atomic E-state index is 13.9. The predicted octanol–water partition coefficient (Wildman–Crippen LogP) is 6.25. The zero-order valence-corrected chi connectivity index (χ0v) is 35.4. The third kappa shape index (κ3) is 9.92. The number of nitrogens with one attached hydrogen (secondary N) is 4. The van der Waals surface area contributed by atoms with Crippen molar-refractivity contribution in [2.24, 2.45) is 0 Å². The Morgan fingerprint density at radius 1 is 0.477 bits per heavy atom. The highest BCUT2D eigenvalue weighted by Gasteiger charge is 2.35. The van der Waals surface area contributed by atoms with Gasteiger partial charge in [0.1, 0.15) is 37.5 Å². The van der Waals surface area contributed by atoms with Crippen molar-refractivity contribution in [3.05, 3.63) is 191 Å². The molecule has 7 N–H and O–H groups in total. The van der Waals surface area contributed by atoms with Gasteiger partial charge >= 0.3 is 12.2 Å². The molecule has 8 rings (SSSR count). The van der Waals surface area contributed by atoms with Crippen LogP contribution in [-0.2, 0) is 19.1 Å². The van der Waals surface area contributed by atoms with Crippen LogP contribution in [0.2, 0.25) is 0 Å². The maximum absolute atomic E-state index is 13.9. The van der Waals surface area contributed by atoms with Crippen LogP contribution in [0.25, 0.3) is 22.3 Å². The number of ether oxygens (including phenoxy) is 2. The second-order valence-corrected chi connectivity index (χ2v) is 16.1. The molecule has 2 aliphatic rings. The van der Waals surface area contributed by atoms with Crippen LogP contribution in [-0.4, -0.2) is 83.8 Å². The van der Waals surface area contributed by atoms with E-state index in [1.807, 2.05) is 97.1 Å². The van der Waals surface area contributed by atoms with Gasteiger partial charge in [0.2, 0.25) is 11.8 Å². The van der Waals surface area contributed by atoms with Gasteiger partial charge in [0.15, 0.2) is 0 Å². The van der Waals surface area contributed by atoms with Crippen LogP contribution in [0.15, 0.2) is 158 Å². The van der Waals surface area contributed by atoms with Gasteiger partial charge in [0, 0.05) is 18.4 Å². The van der Waals surface area contributed by atoms with E-state index in [1.165, 1.54) is 0 Å². The highest BCUT2D eigenvalue weighted by molar-refractivity contribution is 5.88. The quantitative estimate of drug-likeness (QED) is 0.0555. The summed E-state index contributed by atoms with van der Waals surface area (Å²) in [7, 11) is 0. The molecule has 0 heterocycles. The molecule has 13 heteroatoms. The number of aliphatic hydroxyl groups excluding tert-OH is 3. The summed E-state index contributed by atoms with van der Waals surface area (Å²) in [5, 5.41) is 43.6. The molecule has 0 saturated heterocycles. The minimum absolute atomic E-state index is 0.00776. The first-order valence-corrected chi connectivity index (χ1v) is 21.6. The molecule has 4 amide bonds. The van der Waals surface area contributed by atoms with Crippen molar-refractivity contribution in [1.29, 1.82) is 0 Å². The van der Waals surface area contributed by atoms with Crippen molar-refractivity contribution in [3.8, 4) is 22.3 Å². The van der Waals surface area contributed by atoms with E-state index in [1.54, 1.807) is 60.7 Å². The lowest BCUT2D eigenvalue weighted by atomic mass is 9.98.